The molecule has 1 aromatic carbocycles. The molecule has 2 aliphatic rings. The highest BCUT2D eigenvalue weighted by Crippen LogP contribution is 2.26. The van der Waals surface area contributed by atoms with E-state index in [1.807, 2.05) is 46.1 Å². The summed E-state index contributed by atoms with van der Waals surface area (Å²) < 4.78 is 7.38. The minimum atomic E-state index is -0.249. The van der Waals surface area contributed by atoms with Gasteiger partial charge in [-0.2, -0.15) is 5.10 Å². The number of amides is 1. The van der Waals surface area contributed by atoms with E-state index in [0.717, 1.165) is 48.5 Å². The van der Waals surface area contributed by atoms with Gasteiger partial charge >= 0.3 is 0 Å². The molecule has 1 unspecified atom stereocenters. The molecular formula is C20H22N6O2. The maximum atomic E-state index is 12.6. The number of ether oxygens (including phenoxy) is 1. The molecule has 2 fully saturated rings. The van der Waals surface area contributed by atoms with Gasteiger partial charge in [-0.15, -0.1) is 0 Å². The summed E-state index contributed by atoms with van der Waals surface area (Å²) in [6.45, 7) is 3.52. The fourth-order valence-electron chi connectivity index (χ4n) is 3.96. The Balaban J connectivity index is 1.36. The number of fused-ring (bicyclic) bond motifs is 1. The second kappa shape index (κ2) is 7.20. The van der Waals surface area contributed by atoms with Crippen molar-refractivity contribution >= 4 is 22.8 Å². The summed E-state index contributed by atoms with van der Waals surface area (Å²) in [5.74, 6) is 0.998. The normalized spacial score (nSPS) is 20.1. The number of carbonyl (C=O) groups excluding carboxylic acids is 1. The Hall–Kier alpha value is -3.00. The van der Waals surface area contributed by atoms with Gasteiger partial charge in [-0.1, -0.05) is 18.2 Å². The first-order valence-corrected chi connectivity index (χ1v) is 9.71. The van der Waals surface area contributed by atoms with Crippen molar-refractivity contribution in [1.29, 1.82) is 0 Å². The van der Waals surface area contributed by atoms with Gasteiger partial charge in [-0.25, -0.2) is 14.6 Å². The van der Waals surface area contributed by atoms with Crippen LogP contribution in [0.15, 0.2) is 42.9 Å². The molecule has 1 amide bonds. The smallest absolute Gasteiger partial charge is 0.251 e. The van der Waals surface area contributed by atoms with Crippen molar-refractivity contribution in [3.05, 3.63) is 42.9 Å². The van der Waals surface area contributed by atoms with E-state index in [1.54, 1.807) is 6.33 Å². The van der Waals surface area contributed by atoms with Gasteiger partial charge in [0.05, 0.1) is 17.3 Å². The van der Waals surface area contributed by atoms with E-state index in [2.05, 4.69) is 20.0 Å². The van der Waals surface area contributed by atoms with E-state index in [0.29, 0.717) is 19.7 Å². The van der Waals surface area contributed by atoms with Gasteiger partial charge in [-0.3, -0.25) is 4.79 Å². The summed E-state index contributed by atoms with van der Waals surface area (Å²) >= 11 is 0. The van der Waals surface area contributed by atoms with E-state index in [-0.39, 0.29) is 12.0 Å². The number of rotatable bonds is 3. The number of hydrogen-bond acceptors (Lipinski definition) is 6. The van der Waals surface area contributed by atoms with Crippen LogP contribution in [0.5, 0.6) is 0 Å². The summed E-state index contributed by atoms with van der Waals surface area (Å²) in [5.41, 5.74) is 1.75. The van der Waals surface area contributed by atoms with E-state index in [9.17, 15) is 4.79 Å². The van der Waals surface area contributed by atoms with Crippen LogP contribution in [-0.4, -0.2) is 69.4 Å². The Labute approximate surface area is 162 Å². The quantitative estimate of drug-likeness (QED) is 0.690. The zero-order chi connectivity index (χ0) is 18.9. The summed E-state index contributed by atoms with van der Waals surface area (Å²) in [4.78, 5) is 25.7. The molecule has 4 heterocycles. The fraction of sp³-hybridized carbons (Fsp3) is 0.400. The van der Waals surface area contributed by atoms with Crippen molar-refractivity contribution in [1.82, 2.24) is 24.6 Å². The van der Waals surface area contributed by atoms with Gasteiger partial charge in [0.15, 0.2) is 5.65 Å². The molecule has 1 atom stereocenters. The first-order chi connectivity index (χ1) is 13.8. The molecule has 2 saturated heterocycles. The number of hydrogen-bond donors (Lipinski definition) is 0. The molecule has 8 nitrogen and oxygen atoms in total. The van der Waals surface area contributed by atoms with Gasteiger partial charge in [0, 0.05) is 32.8 Å². The van der Waals surface area contributed by atoms with Gasteiger partial charge in [-0.05, 0) is 25.0 Å². The average Bonchev–Trinajstić information content (AvgIpc) is 3.44. The molecule has 3 aromatic rings. The molecule has 0 N–H and O–H groups in total. The summed E-state index contributed by atoms with van der Waals surface area (Å²) in [6, 6.07) is 9.95. The Bertz CT molecular complexity index is 975. The predicted molar refractivity (Wildman–Crippen MR) is 104 cm³/mol. The fourth-order valence-corrected chi connectivity index (χ4v) is 3.96. The zero-order valence-corrected chi connectivity index (χ0v) is 15.6. The molecule has 0 bridgehead atoms. The number of aromatic nitrogens is 4. The van der Waals surface area contributed by atoms with Gasteiger partial charge < -0.3 is 14.5 Å². The monoisotopic (exact) mass is 378 g/mol. The zero-order valence-electron chi connectivity index (χ0n) is 15.6. The maximum Gasteiger partial charge on any atom is 0.251 e. The van der Waals surface area contributed by atoms with E-state index >= 15 is 0 Å². The van der Waals surface area contributed by atoms with Crippen LogP contribution < -0.4 is 4.90 Å². The van der Waals surface area contributed by atoms with E-state index in [1.165, 1.54) is 0 Å². The molecule has 144 valence electrons. The van der Waals surface area contributed by atoms with E-state index in [4.69, 9.17) is 4.74 Å². The van der Waals surface area contributed by atoms with Crippen LogP contribution in [-0.2, 0) is 9.53 Å². The molecule has 0 spiro atoms. The third kappa shape index (κ3) is 2.99. The molecule has 2 aromatic heterocycles. The lowest BCUT2D eigenvalue weighted by atomic mass is 10.2. The maximum absolute atomic E-state index is 12.6. The highest BCUT2D eigenvalue weighted by Gasteiger charge is 2.31. The number of nitrogens with zero attached hydrogens (tertiary/aromatic N) is 6. The van der Waals surface area contributed by atoms with Gasteiger partial charge in [0.2, 0.25) is 0 Å². The first-order valence-electron chi connectivity index (χ1n) is 9.71. The van der Waals surface area contributed by atoms with Crippen LogP contribution in [0, 0.1) is 0 Å². The van der Waals surface area contributed by atoms with Crippen LogP contribution in [0.2, 0.25) is 0 Å². The predicted octanol–water partition coefficient (Wildman–Crippen LogP) is 1.64. The van der Waals surface area contributed by atoms with Crippen LogP contribution in [0.3, 0.4) is 0 Å². The van der Waals surface area contributed by atoms with Crippen molar-refractivity contribution in [2.45, 2.75) is 18.9 Å². The lowest BCUT2D eigenvalue weighted by Gasteiger charge is -2.36. The third-order valence-electron chi connectivity index (χ3n) is 5.44. The Morgan fingerprint density at radius 2 is 1.89 bits per heavy atom. The van der Waals surface area contributed by atoms with Crippen molar-refractivity contribution in [2.24, 2.45) is 0 Å². The Morgan fingerprint density at radius 3 is 2.64 bits per heavy atom. The highest BCUT2D eigenvalue weighted by molar-refractivity contribution is 5.88. The molecular weight excluding hydrogens is 356 g/mol. The summed E-state index contributed by atoms with van der Waals surface area (Å²) in [7, 11) is 0. The van der Waals surface area contributed by atoms with Crippen LogP contribution in [0.25, 0.3) is 16.7 Å². The van der Waals surface area contributed by atoms with Gasteiger partial charge in [0.25, 0.3) is 5.91 Å². The van der Waals surface area contributed by atoms with Gasteiger partial charge in [0.1, 0.15) is 18.2 Å². The molecule has 28 heavy (non-hydrogen) atoms. The molecule has 5 rings (SSSR count). The number of anilines is 1. The largest absolute Gasteiger partial charge is 0.368 e. The Morgan fingerprint density at radius 1 is 1.07 bits per heavy atom. The van der Waals surface area contributed by atoms with Crippen LogP contribution in [0.4, 0.5) is 5.82 Å². The Kier molecular flexibility index (Phi) is 4.40. The van der Waals surface area contributed by atoms with Crippen molar-refractivity contribution in [2.75, 3.05) is 37.7 Å². The molecule has 0 radical (unpaired) electrons. The average molecular weight is 378 g/mol. The number of para-hydroxylation sites is 1. The lowest BCUT2D eigenvalue weighted by Crippen LogP contribution is -2.51. The van der Waals surface area contributed by atoms with Crippen molar-refractivity contribution in [3.63, 3.8) is 0 Å². The van der Waals surface area contributed by atoms with Crippen molar-refractivity contribution in [3.8, 4) is 5.69 Å². The lowest BCUT2D eigenvalue weighted by molar-refractivity contribution is -0.141. The van der Waals surface area contributed by atoms with Crippen LogP contribution >= 0.6 is 0 Å². The molecule has 8 heteroatoms. The molecule has 0 saturated carbocycles. The number of piperazine rings is 1. The second-order valence-electron chi connectivity index (χ2n) is 7.14. The highest BCUT2D eigenvalue weighted by atomic mass is 16.5. The molecule has 2 aliphatic heterocycles. The van der Waals surface area contributed by atoms with Crippen LogP contribution in [0.1, 0.15) is 12.8 Å². The summed E-state index contributed by atoms with van der Waals surface area (Å²) in [5, 5.41) is 5.44. The number of carbonyl (C=O) groups is 1. The topological polar surface area (TPSA) is 76.4 Å². The second-order valence-corrected chi connectivity index (χ2v) is 7.14. The summed E-state index contributed by atoms with van der Waals surface area (Å²) in [6.07, 6.45) is 4.97. The van der Waals surface area contributed by atoms with E-state index < -0.39 is 0 Å². The minimum Gasteiger partial charge on any atom is -0.368 e. The standard InChI is InChI=1S/C20H22N6O2/c27-20(17-7-4-12-28-17)25-10-8-24(9-11-25)18-16-13-23-26(19(16)22-14-21-18)15-5-2-1-3-6-15/h1-3,5-6,13-14,17H,4,7-12H2. The minimum absolute atomic E-state index is 0.127. The first kappa shape index (κ1) is 17.1. The van der Waals surface area contributed by atoms with Crippen molar-refractivity contribution < 1.29 is 9.53 Å². The third-order valence-corrected chi connectivity index (χ3v) is 5.44. The molecule has 0 aliphatic carbocycles. The SMILES string of the molecule is O=C(C1CCCO1)N1CCN(c2ncnc3c2cnn3-c2ccccc2)CC1. The number of benzene rings is 1.